The third-order valence-corrected chi connectivity index (χ3v) is 6.53. The number of aryl methyl sites for hydroxylation is 1. The van der Waals surface area contributed by atoms with E-state index in [9.17, 15) is 4.79 Å². The Hall–Kier alpha value is -2.91. The number of methoxy groups -OCH3 is 1. The average molecular weight is 412 g/mol. The molecule has 9 heteroatoms. The molecule has 2 heterocycles. The number of rotatable bonds is 7. The molecule has 2 aromatic carbocycles. The summed E-state index contributed by atoms with van der Waals surface area (Å²) in [4.78, 5) is 14.4. The van der Waals surface area contributed by atoms with Crippen molar-refractivity contribution in [1.82, 2.24) is 20.6 Å². The fourth-order valence-corrected chi connectivity index (χ4v) is 5.19. The molecule has 0 aliphatic rings. The number of ether oxygens (including phenoxy) is 1. The molecule has 1 amide bonds. The van der Waals surface area contributed by atoms with Crippen LogP contribution in [0.3, 0.4) is 0 Å². The minimum atomic E-state index is -0.247. The molecule has 28 heavy (non-hydrogen) atoms. The number of nitrogens with one attached hydrogen (secondary N) is 2. The van der Waals surface area contributed by atoms with Crippen LogP contribution in [0.15, 0.2) is 53.4 Å². The number of amides is 1. The number of thioether (sulfide) groups is 1. The lowest BCUT2D eigenvalue weighted by Crippen LogP contribution is -2.12. The number of anilines is 1. The lowest BCUT2D eigenvalue weighted by atomic mass is 10.2. The Labute approximate surface area is 169 Å². The van der Waals surface area contributed by atoms with Crippen molar-refractivity contribution in [2.75, 3.05) is 18.2 Å². The fraction of sp³-hybridized carbons (Fsp3) is 0.158. The zero-order valence-electron chi connectivity index (χ0n) is 15.0. The van der Waals surface area contributed by atoms with Gasteiger partial charge in [-0.3, -0.25) is 10.1 Å². The average Bonchev–Trinajstić information content (AvgIpc) is 3.36. The summed E-state index contributed by atoms with van der Waals surface area (Å²) in [6.45, 7) is 0. The van der Waals surface area contributed by atoms with Crippen molar-refractivity contribution in [3.63, 3.8) is 0 Å². The maximum Gasteiger partial charge on any atom is 0.270 e. The quantitative estimate of drug-likeness (QED) is 0.446. The monoisotopic (exact) mass is 411 g/mol. The number of nitrogens with zero attached hydrogens (tertiary/aromatic N) is 3. The molecule has 0 unspecified atom stereocenters. The number of H-pyrrole nitrogens is 1. The first-order valence-corrected chi connectivity index (χ1v) is 10.4. The van der Waals surface area contributed by atoms with Gasteiger partial charge in [0.05, 0.1) is 7.11 Å². The van der Waals surface area contributed by atoms with E-state index >= 15 is 0 Å². The smallest absolute Gasteiger partial charge is 0.270 e. The highest BCUT2D eigenvalue weighted by molar-refractivity contribution is 7.99. The van der Waals surface area contributed by atoms with Crippen LogP contribution >= 0.6 is 23.1 Å². The number of aromatic amines is 1. The predicted octanol–water partition coefficient (Wildman–Crippen LogP) is 4.01. The molecule has 0 fully saturated rings. The summed E-state index contributed by atoms with van der Waals surface area (Å²) in [5.74, 6) is 1.53. The molecule has 142 valence electrons. The summed E-state index contributed by atoms with van der Waals surface area (Å²) in [7, 11) is 1.64. The highest BCUT2D eigenvalue weighted by atomic mass is 32.2. The van der Waals surface area contributed by atoms with Crippen LogP contribution in [0, 0.1) is 0 Å². The predicted molar refractivity (Wildman–Crippen MR) is 111 cm³/mol. The number of carbonyl (C=O) groups is 1. The first-order valence-electron chi connectivity index (χ1n) is 8.56. The number of aromatic nitrogens is 4. The maximum absolute atomic E-state index is 12.8. The second-order valence-electron chi connectivity index (χ2n) is 5.90. The van der Waals surface area contributed by atoms with Crippen LogP contribution in [0.25, 0.3) is 10.1 Å². The van der Waals surface area contributed by atoms with Crippen LogP contribution in [0.5, 0.6) is 5.75 Å². The van der Waals surface area contributed by atoms with Gasteiger partial charge in [0, 0.05) is 20.7 Å². The van der Waals surface area contributed by atoms with Crippen LogP contribution in [-0.2, 0) is 6.42 Å². The van der Waals surface area contributed by atoms with Crippen molar-refractivity contribution in [3.05, 3.63) is 59.0 Å². The lowest BCUT2D eigenvalue weighted by molar-refractivity contribution is 0.102. The number of hydrogen-bond donors (Lipinski definition) is 2. The third-order valence-electron chi connectivity index (χ3n) is 4.11. The Morgan fingerprint density at radius 3 is 2.86 bits per heavy atom. The van der Waals surface area contributed by atoms with Gasteiger partial charge in [-0.05, 0) is 35.4 Å². The van der Waals surface area contributed by atoms with Gasteiger partial charge in [0.25, 0.3) is 11.9 Å². The molecule has 0 aliphatic carbocycles. The number of carbonyl (C=O) groups excluding carboxylic acids is 1. The number of benzene rings is 2. The van der Waals surface area contributed by atoms with Gasteiger partial charge in [0.15, 0.2) is 0 Å². The van der Waals surface area contributed by atoms with E-state index in [-0.39, 0.29) is 11.9 Å². The number of tetrazole rings is 1. The van der Waals surface area contributed by atoms with E-state index in [4.69, 9.17) is 4.74 Å². The van der Waals surface area contributed by atoms with Gasteiger partial charge in [-0.25, -0.2) is 0 Å². The summed E-state index contributed by atoms with van der Waals surface area (Å²) < 4.78 is 6.40. The Kier molecular flexibility index (Phi) is 5.54. The third kappa shape index (κ3) is 4.00. The van der Waals surface area contributed by atoms with Crippen molar-refractivity contribution in [3.8, 4) is 5.75 Å². The van der Waals surface area contributed by atoms with E-state index in [0.29, 0.717) is 4.88 Å². The second kappa shape index (κ2) is 8.41. The van der Waals surface area contributed by atoms with Crippen LogP contribution in [0.2, 0.25) is 0 Å². The maximum atomic E-state index is 12.8. The molecule has 0 saturated heterocycles. The van der Waals surface area contributed by atoms with Crippen LogP contribution < -0.4 is 10.1 Å². The molecule has 0 atom stereocenters. The topological polar surface area (TPSA) is 92.8 Å². The highest BCUT2D eigenvalue weighted by Crippen LogP contribution is 2.40. The van der Waals surface area contributed by atoms with Crippen molar-refractivity contribution in [1.29, 1.82) is 0 Å². The second-order valence-corrected chi connectivity index (χ2v) is 8.05. The first-order chi connectivity index (χ1) is 13.7. The molecule has 0 spiro atoms. The van der Waals surface area contributed by atoms with Crippen LogP contribution in [0.1, 0.15) is 15.2 Å². The van der Waals surface area contributed by atoms with Crippen molar-refractivity contribution < 1.29 is 9.53 Å². The highest BCUT2D eigenvalue weighted by Gasteiger charge is 2.20. The van der Waals surface area contributed by atoms with E-state index in [1.165, 1.54) is 16.9 Å². The zero-order chi connectivity index (χ0) is 19.3. The van der Waals surface area contributed by atoms with E-state index in [1.54, 1.807) is 18.9 Å². The minimum absolute atomic E-state index is 0.153. The van der Waals surface area contributed by atoms with Gasteiger partial charge in [-0.15, -0.1) is 28.2 Å². The largest absolute Gasteiger partial charge is 0.497 e. The zero-order valence-corrected chi connectivity index (χ0v) is 16.6. The van der Waals surface area contributed by atoms with E-state index in [0.717, 1.165) is 32.9 Å². The van der Waals surface area contributed by atoms with E-state index in [1.807, 2.05) is 36.4 Å². The van der Waals surface area contributed by atoms with Gasteiger partial charge in [0.1, 0.15) is 10.6 Å². The molecule has 0 radical (unpaired) electrons. The van der Waals surface area contributed by atoms with Gasteiger partial charge in [-0.1, -0.05) is 35.4 Å². The molecular weight excluding hydrogens is 394 g/mol. The Morgan fingerprint density at radius 1 is 1.25 bits per heavy atom. The summed E-state index contributed by atoms with van der Waals surface area (Å²) >= 11 is 3.11. The van der Waals surface area contributed by atoms with Gasteiger partial charge in [0.2, 0.25) is 0 Å². The minimum Gasteiger partial charge on any atom is -0.497 e. The molecule has 4 rings (SSSR count). The standard InChI is InChI=1S/C19H17N5O2S2/c1-26-13-7-8-15-14(11-13)16(27-10-9-12-5-3-2-4-6-12)17(28-15)18(25)20-19-21-23-24-22-19/h2-8,11H,9-10H2,1H3,(H2,20,21,22,23,24,25). The van der Waals surface area contributed by atoms with Gasteiger partial charge >= 0.3 is 0 Å². The molecule has 7 nitrogen and oxygen atoms in total. The van der Waals surface area contributed by atoms with Gasteiger partial charge < -0.3 is 4.74 Å². The van der Waals surface area contributed by atoms with Crippen molar-refractivity contribution in [2.24, 2.45) is 0 Å². The first kappa shape index (κ1) is 18.5. The van der Waals surface area contributed by atoms with Gasteiger partial charge in [-0.2, -0.15) is 5.21 Å². The van der Waals surface area contributed by atoms with Crippen LogP contribution in [0.4, 0.5) is 5.95 Å². The summed E-state index contributed by atoms with van der Waals surface area (Å²) in [5.41, 5.74) is 1.27. The summed E-state index contributed by atoms with van der Waals surface area (Å²) in [5, 5.41) is 17.1. The van der Waals surface area contributed by atoms with Crippen molar-refractivity contribution in [2.45, 2.75) is 11.3 Å². The van der Waals surface area contributed by atoms with E-state index in [2.05, 4.69) is 38.1 Å². The fourth-order valence-electron chi connectivity index (χ4n) is 2.76. The molecule has 0 aliphatic heterocycles. The summed E-state index contributed by atoms with van der Waals surface area (Å²) in [6.07, 6.45) is 0.915. The number of thiophene rings is 1. The lowest BCUT2D eigenvalue weighted by Gasteiger charge is -2.06. The molecule has 4 aromatic rings. The normalized spacial score (nSPS) is 10.9. The van der Waals surface area contributed by atoms with E-state index < -0.39 is 0 Å². The molecule has 0 saturated carbocycles. The Morgan fingerprint density at radius 2 is 2.11 bits per heavy atom. The summed E-state index contributed by atoms with van der Waals surface area (Å²) in [6, 6.07) is 16.2. The molecule has 2 aromatic heterocycles. The molecular formula is C19H17N5O2S2. The van der Waals surface area contributed by atoms with Crippen molar-refractivity contribution >= 4 is 45.0 Å². The number of fused-ring (bicyclic) bond motifs is 1. The number of hydrogen-bond acceptors (Lipinski definition) is 7. The molecule has 2 N–H and O–H groups in total. The Bertz CT molecular complexity index is 1080. The molecule has 0 bridgehead atoms. The SMILES string of the molecule is COc1ccc2sc(C(=O)Nc3nn[nH]n3)c(SCCc3ccccc3)c2c1. The Balaban J connectivity index is 1.63. The van der Waals surface area contributed by atoms with Crippen LogP contribution in [-0.4, -0.2) is 39.4 Å².